The number of carbonyl (C=O) groups excluding carboxylic acids is 1. The molecule has 2 rings (SSSR count). The molecule has 0 unspecified atom stereocenters. The van der Waals surface area contributed by atoms with Crippen molar-refractivity contribution in [2.75, 3.05) is 0 Å². The van der Waals surface area contributed by atoms with Crippen LogP contribution in [0.4, 0.5) is 4.39 Å². The highest BCUT2D eigenvalue weighted by Crippen LogP contribution is 2.29. The van der Waals surface area contributed by atoms with Gasteiger partial charge in [0.25, 0.3) is 0 Å². The van der Waals surface area contributed by atoms with Crippen molar-refractivity contribution in [3.8, 4) is 0 Å². The van der Waals surface area contributed by atoms with E-state index in [0.717, 1.165) is 5.56 Å². The average Bonchev–Trinajstić information content (AvgIpc) is 2.31. The minimum absolute atomic E-state index is 0.0746. The fourth-order valence-corrected chi connectivity index (χ4v) is 2.60. The third-order valence-corrected chi connectivity index (χ3v) is 4.15. The van der Waals surface area contributed by atoms with Crippen LogP contribution in [-0.2, 0) is 0 Å². The zero-order valence-electron chi connectivity index (χ0n) is 10.4. The molecule has 0 N–H and O–H groups in total. The van der Waals surface area contributed by atoms with Gasteiger partial charge in [0.05, 0.1) is 10.6 Å². The Hall–Kier alpha value is -1.19. The molecule has 4 heteroatoms. The molecule has 0 spiro atoms. The molecule has 98 valence electrons. The van der Waals surface area contributed by atoms with Crippen molar-refractivity contribution in [3.63, 3.8) is 0 Å². The van der Waals surface area contributed by atoms with E-state index in [1.165, 1.54) is 6.07 Å². The summed E-state index contributed by atoms with van der Waals surface area (Å²) < 4.78 is 14.6. The van der Waals surface area contributed by atoms with Crippen LogP contribution in [0.25, 0.3) is 0 Å². The summed E-state index contributed by atoms with van der Waals surface area (Å²) in [5, 5.41) is 0.298. The maximum absolute atomic E-state index is 14.0. The lowest BCUT2D eigenvalue weighted by molar-refractivity contribution is 0.103. The summed E-state index contributed by atoms with van der Waals surface area (Å²) in [5.41, 5.74) is 1.76. The molecule has 0 atom stereocenters. The van der Waals surface area contributed by atoms with E-state index in [1.807, 2.05) is 0 Å². The lowest BCUT2D eigenvalue weighted by Gasteiger charge is -2.10. The second kappa shape index (κ2) is 5.43. The topological polar surface area (TPSA) is 17.1 Å². The van der Waals surface area contributed by atoms with E-state index in [1.54, 1.807) is 38.1 Å². The Labute approximate surface area is 124 Å². The van der Waals surface area contributed by atoms with Crippen LogP contribution in [0.15, 0.2) is 34.8 Å². The SMILES string of the molecule is Cc1cc(C)c(C(=O)c2cccc(Br)c2Cl)c(F)c1. The molecule has 0 aromatic heterocycles. The summed E-state index contributed by atoms with van der Waals surface area (Å²) in [6.45, 7) is 3.51. The minimum Gasteiger partial charge on any atom is -0.288 e. The standard InChI is InChI=1S/C15H11BrClFO/c1-8-6-9(2)13(12(18)7-8)15(19)10-4-3-5-11(16)14(10)17/h3-7H,1-2H3. The van der Waals surface area contributed by atoms with Gasteiger partial charge in [-0.2, -0.15) is 0 Å². The first-order chi connectivity index (χ1) is 8.91. The lowest BCUT2D eigenvalue weighted by atomic mass is 9.97. The van der Waals surface area contributed by atoms with E-state index in [0.29, 0.717) is 20.6 Å². The van der Waals surface area contributed by atoms with Gasteiger partial charge in [0.1, 0.15) is 5.82 Å². The summed E-state index contributed by atoms with van der Waals surface area (Å²) in [7, 11) is 0. The van der Waals surface area contributed by atoms with Gasteiger partial charge in [-0.25, -0.2) is 4.39 Å². The average molecular weight is 342 g/mol. The van der Waals surface area contributed by atoms with Crippen LogP contribution >= 0.6 is 27.5 Å². The van der Waals surface area contributed by atoms with Gasteiger partial charge < -0.3 is 0 Å². The van der Waals surface area contributed by atoms with Gasteiger partial charge in [0.15, 0.2) is 5.78 Å². The molecule has 0 saturated heterocycles. The number of rotatable bonds is 2. The Morgan fingerprint density at radius 1 is 1.26 bits per heavy atom. The van der Waals surface area contributed by atoms with E-state index in [2.05, 4.69) is 15.9 Å². The van der Waals surface area contributed by atoms with Crippen LogP contribution in [0.1, 0.15) is 27.0 Å². The highest BCUT2D eigenvalue weighted by atomic mass is 79.9. The summed E-state index contributed by atoms with van der Waals surface area (Å²) in [4.78, 5) is 12.4. The molecule has 0 aliphatic carbocycles. The summed E-state index contributed by atoms with van der Waals surface area (Å²) in [6, 6.07) is 8.16. The monoisotopic (exact) mass is 340 g/mol. The Balaban J connectivity index is 2.60. The number of hydrogen-bond donors (Lipinski definition) is 0. The molecule has 0 aliphatic rings. The number of carbonyl (C=O) groups is 1. The van der Waals surface area contributed by atoms with E-state index in [-0.39, 0.29) is 5.56 Å². The predicted octanol–water partition coefficient (Wildman–Crippen LogP) is 5.09. The van der Waals surface area contributed by atoms with E-state index in [9.17, 15) is 9.18 Å². The van der Waals surface area contributed by atoms with Crippen molar-refractivity contribution < 1.29 is 9.18 Å². The predicted molar refractivity (Wildman–Crippen MR) is 78.5 cm³/mol. The fraction of sp³-hybridized carbons (Fsp3) is 0.133. The van der Waals surface area contributed by atoms with Crippen LogP contribution in [-0.4, -0.2) is 5.78 Å². The molecular weight excluding hydrogens is 331 g/mol. The minimum atomic E-state index is -0.515. The highest BCUT2D eigenvalue weighted by molar-refractivity contribution is 9.10. The van der Waals surface area contributed by atoms with Crippen LogP contribution in [0.5, 0.6) is 0 Å². The number of ketones is 1. The van der Waals surface area contributed by atoms with Crippen molar-refractivity contribution in [1.29, 1.82) is 0 Å². The zero-order valence-corrected chi connectivity index (χ0v) is 12.8. The summed E-state index contributed by atoms with van der Waals surface area (Å²) >= 11 is 9.34. The van der Waals surface area contributed by atoms with Crippen LogP contribution in [0.3, 0.4) is 0 Å². The third kappa shape index (κ3) is 2.72. The number of benzene rings is 2. The maximum Gasteiger partial charge on any atom is 0.197 e. The Bertz CT molecular complexity index is 644. The number of hydrogen-bond acceptors (Lipinski definition) is 1. The second-order valence-electron chi connectivity index (χ2n) is 4.37. The van der Waals surface area contributed by atoms with Crippen molar-refractivity contribution in [1.82, 2.24) is 0 Å². The fourth-order valence-electron chi connectivity index (χ4n) is 2.02. The molecule has 0 amide bonds. The molecule has 0 fully saturated rings. The summed E-state index contributed by atoms with van der Waals surface area (Å²) in [6.07, 6.45) is 0. The quantitative estimate of drug-likeness (QED) is 0.695. The first kappa shape index (κ1) is 14.2. The van der Waals surface area contributed by atoms with Crippen LogP contribution < -0.4 is 0 Å². The molecule has 2 aromatic carbocycles. The van der Waals surface area contributed by atoms with Gasteiger partial charge in [-0.15, -0.1) is 0 Å². The molecule has 0 aliphatic heterocycles. The van der Waals surface area contributed by atoms with Crippen molar-refractivity contribution in [2.45, 2.75) is 13.8 Å². The molecule has 0 heterocycles. The molecule has 0 bridgehead atoms. The smallest absolute Gasteiger partial charge is 0.197 e. The maximum atomic E-state index is 14.0. The molecule has 0 saturated carbocycles. The lowest BCUT2D eigenvalue weighted by Crippen LogP contribution is -2.08. The molecular formula is C15H11BrClFO. The Morgan fingerprint density at radius 2 is 1.95 bits per heavy atom. The van der Waals surface area contributed by atoms with E-state index >= 15 is 0 Å². The number of halogens is 3. The first-order valence-corrected chi connectivity index (χ1v) is 6.84. The van der Waals surface area contributed by atoms with Crippen molar-refractivity contribution in [3.05, 3.63) is 67.9 Å². The van der Waals surface area contributed by atoms with Gasteiger partial charge in [-0.1, -0.05) is 23.7 Å². The second-order valence-corrected chi connectivity index (χ2v) is 5.60. The van der Waals surface area contributed by atoms with Crippen LogP contribution in [0, 0.1) is 19.7 Å². The van der Waals surface area contributed by atoms with Crippen molar-refractivity contribution in [2.24, 2.45) is 0 Å². The van der Waals surface area contributed by atoms with Crippen LogP contribution in [0.2, 0.25) is 5.02 Å². The van der Waals surface area contributed by atoms with Gasteiger partial charge in [0.2, 0.25) is 0 Å². The molecule has 0 radical (unpaired) electrons. The zero-order chi connectivity index (χ0) is 14.2. The molecule has 2 aromatic rings. The normalized spacial score (nSPS) is 10.6. The Morgan fingerprint density at radius 3 is 2.58 bits per heavy atom. The third-order valence-electron chi connectivity index (χ3n) is 2.86. The van der Waals surface area contributed by atoms with Gasteiger partial charge in [-0.3, -0.25) is 4.79 Å². The van der Waals surface area contributed by atoms with Crippen molar-refractivity contribution >= 4 is 33.3 Å². The van der Waals surface area contributed by atoms with Gasteiger partial charge in [-0.05, 0) is 59.1 Å². The van der Waals surface area contributed by atoms with E-state index < -0.39 is 11.6 Å². The highest BCUT2D eigenvalue weighted by Gasteiger charge is 2.20. The largest absolute Gasteiger partial charge is 0.288 e. The van der Waals surface area contributed by atoms with E-state index in [4.69, 9.17) is 11.6 Å². The van der Waals surface area contributed by atoms with Gasteiger partial charge in [0, 0.05) is 10.0 Å². The Kier molecular flexibility index (Phi) is 4.07. The molecule has 19 heavy (non-hydrogen) atoms. The summed E-state index contributed by atoms with van der Waals surface area (Å²) in [5.74, 6) is -0.917. The first-order valence-electron chi connectivity index (χ1n) is 5.67. The number of aryl methyl sites for hydroxylation is 2. The molecule has 1 nitrogen and oxygen atoms in total. The van der Waals surface area contributed by atoms with Gasteiger partial charge >= 0.3 is 0 Å².